The van der Waals surface area contributed by atoms with E-state index in [9.17, 15) is 13.9 Å². The molecule has 0 saturated heterocycles. The highest BCUT2D eigenvalue weighted by Gasteiger charge is 2.29. The van der Waals surface area contributed by atoms with Gasteiger partial charge in [0.05, 0.1) is 5.60 Å². The lowest BCUT2D eigenvalue weighted by Gasteiger charge is -2.33. The van der Waals surface area contributed by atoms with Crippen molar-refractivity contribution in [2.75, 3.05) is 11.9 Å². The standard InChI is InChI=1S/C23H26F2N6O2/c1-14-11-26-19-4-3-15(12-30(14)19)17-7-10-31-20(17)21(33-13-18(24)25)28-22(29-31)27-16-5-8-23(2,32)9-6-16/h3-4,7,10-12,16,18,32H,5-6,8-9,13H2,1-2H3,(H,27,29). The Balaban J connectivity index is 1.52. The number of pyridine rings is 1. The smallest absolute Gasteiger partial charge is 0.272 e. The van der Waals surface area contributed by atoms with Gasteiger partial charge in [0.1, 0.15) is 11.2 Å². The molecule has 0 aliphatic heterocycles. The Hall–Kier alpha value is -3.27. The van der Waals surface area contributed by atoms with Crippen molar-refractivity contribution in [2.45, 2.75) is 57.6 Å². The normalized spacial score (nSPS) is 21.2. The Morgan fingerprint density at radius 3 is 2.82 bits per heavy atom. The van der Waals surface area contributed by atoms with E-state index in [1.165, 1.54) is 0 Å². The van der Waals surface area contributed by atoms with Crippen molar-refractivity contribution in [3.63, 3.8) is 0 Å². The number of imidazole rings is 1. The number of alkyl halides is 2. The predicted octanol–water partition coefficient (Wildman–Crippen LogP) is 4.10. The van der Waals surface area contributed by atoms with Gasteiger partial charge in [-0.1, -0.05) is 0 Å². The number of hydrogen-bond donors (Lipinski definition) is 2. The van der Waals surface area contributed by atoms with Crippen LogP contribution in [0.1, 0.15) is 38.3 Å². The van der Waals surface area contributed by atoms with E-state index < -0.39 is 18.6 Å². The molecule has 0 unspecified atom stereocenters. The SMILES string of the molecule is Cc1cnc2ccc(-c3ccn4nc(NC5CCC(C)(O)CC5)nc(OCC(F)F)c34)cn12. The second-order valence-corrected chi connectivity index (χ2v) is 8.93. The van der Waals surface area contributed by atoms with E-state index >= 15 is 0 Å². The molecule has 8 nitrogen and oxygen atoms in total. The van der Waals surface area contributed by atoms with Crippen molar-refractivity contribution >= 4 is 17.1 Å². The maximum atomic E-state index is 13.0. The number of halogens is 2. The summed E-state index contributed by atoms with van der Waals surface area (Å²) in [6.07, 6.45) is 5.76. The van der Waals surface area contributed by atoms with Crippen molar-refractivity contribution in [3.05, 3.63) is 42.5 Å². The third-order valence-corrected chi connectivity index (χ3v) is 6.22. The first-order valence-electron chi connectivity index (χ1n) is 11.0. The molecule has 1 aliphatic rings. The minimum absolute atomic E-state index is 0.0901. The molecule has 1 fully saturated rings. The molecule has 1 aliphatic carbocycles. The van der Waals surface area contributed by atoms with E-state index in [0.29, 0.717) is 24.3 Å². The summed E-state index contributed by atoms with van der Waals surface area (Å²) >= 11 is 0. The Bertz CT molecular complexity index is 1290. The summed E-state index contributed by atoms with van der Waals surface area (Å²) in [5, 5.41) is 18.0. The van der Waals surface area contributed by atoms with E-state index in [-0.39, 0.29) is 11.9 Å². The second kappa shape index (κ2) is 8.26. The molecular formula is C23H26F2N6O2. The minimum Gasteiger partial charge on any atom is -0.470 e. The topological polar surface area (TPSA) is 89.0 Å². The molecular weight excluding hydrogens is 430 g/mol. The van der Waals surface area contributed by atoms with E-state index in [1.54, 1.807) is 16.9 Å². The molecule has 4 heterocycles. The number of aromatic nitrogens is 5. The summed E-state index contributed by atoms with van der Waals surface area (Å²) in [5.74, 6) is 0.402. The van der Waals surface area contributed by atoms with E-state index in [4.69, 9.17) is 4.74 Å². The van der Waals surface area contributed by atoms with Crippen molar-refractivity contribution < 1.29 is 18.6 Å². The Morgan fingerprint density at radius 2 is 2.06 bits per heavy atom. The fraction of sp³-hybridized carbons (Fsp3) is 0.435. The Labute approximate surface area is 189 Å². The molecule has 2 N–H and O–H groups in total. The first kappa shape index (κ1) is 21.6. The van der Waals surface area contributed by atoms with Gasteiger partial charge in [-0.3, -0.25) is 0 Å². The summed E-state index contributed by atoms with van der Waals surface area (Å²) in [4.78, 5) is 8.80. The lowest BCUT2D eigenvalue weighted by atomic mass is 9.84. The van der Waals surface area contributed by atoms with Crippen LogP contribution < -0.4 is 10.1 Å². The average molecular weight is 456 g/mol. The highest BCUT2D eigenvalue weighted by atomic mass is 19.3. The monoisotopic (exact) mass is 456 g/mol. The van der Waals surface area contributed by atoms with E-state index in [2.05, 4.69) is 20.4 Å². The van der Waals surface area contributed by atoms with Crippen molar-refractivity contribution in [1.29, 1.82) is 0 Å². The molecule has 174 valence electrons. The third-order valence-electron chi connectivity index (χ3n) is 6.22. The zero-order chi connectivity index (χ0) is 23.2. The van der Waals surface area contributed by atoms with Gasteiger partial charge < -0.3 is 19.6 Å². The van der Waals surface area contributed by atoms with Gasteiger partial charge in [0.2, 0.25) is 11.8 Å². The average Bonchev–Trinajstić information content (AvgIpc) is 3.37. The Kier molecular flexibility index (Phi) is 5.40. The van der Waals surface area contributed by atoms with Crippen LogP contribution >= 0.6 is 0 Å². The Morgan fingerprint density at radius 1 is 1.27 bits per heavy atom. The minimum atomic E-state index is -2.62. The van der Waals surface area contributed by atoms with Crippen molar-refractivity contribution in [2.24, 2.45) is 0 Å². The molecule has 0 bridgehead atoms. The van der Waals surface area contributed by atoms with E-state index in [0.717, 1.165) is 35.3 Å². The summed E-state index contributed by atoms with van der Waals surface area (Å²) in [5.41, 5.74) is 3.31. The van der Waals surface area contributed by atoms with Crippen LogP contribution in [0.2, 0.25) is 0 Å². The van der Waals surface area contributed by atoms with Crippen LogP contribution in [0.3, 0.4) is 0 Å². The lowest BCUT2D eigenvalue weighted by Crippen LogP contribution is -2.36. The first-order chi connectivity index (χ1) is 15.8. The zero-order valence-electron chi connectivity index (χ0n) is 18.5. The number of fused-ring (bicyclic) bond motifs is 2. The van der Waals surface area contributed by atoms with Gasteiger partial charge in [-0.15, -0.1) is 5.10 Å². The summed E-state index contributed by atoms with van der Waals surface area (Å²) < 4.78 is 35.0. The fourth-order valence-electron chi connectivity index (χ4n) is 4.36. The molecule has 0 aromatic carbocycles. The number of ether oxygens (including phenoxy) is 1. The first-order valence-corrected chi connectivity index (χ1v) is 11.0. The number of nitrogens with one attached hydrogen (secondary N) is 1. The zero-order valence-corrected chi connectivity index (χ0v) is 18.5. The van der Waals surface area contributed by atoms with Crippen LogP contribution in [0, 0.1) is 6.92 Å². The molecule has 0 radical (unpaired) electrons. The number of nitrogens with zero attached hydrogens (tertiary/aromatic N) is 5. The predicted molar refractivity (Wildman–Crippen MR) is 120 cm³/mol. The second-order valence-electron chi connectivity index (χ2n) is 8.93. The highest BCUT2D eigenvalue weighted by Crippen LogP contribution is 2.33. The highest BCUT2D eigenvalue weighted by molar-refractivity contribution is 5.84. The summed E-state index contributed by atoms with van der Waals surface area (Å²) in [6.45, 7) is 3.04. The van der Waals surface area contributed by atoms with Gasteiger partial charge in [0, 0.05) is 41.5 Å². The quantitative estimate of drug-likeness (QED) is 0.454. The maximum absolute atomic E-state index is 13.0. The molecule has 10 heteroatoms. The van der Waals surface area contributed by atoms with Gasteiger partial charge in [-0.2, -0.15) is 4.98 Å². The third kappa shape index (κ3) is 4.35. The fourth-order valence-corrected chi connectivity index (χ4v) is 4.36. The summed E-state index contributed by atoms with van der Waals surface area (Å²) in [7, 11) is 0. The number of hydrogen-bond acceptors (Lipinski definition) is 6. The van der Waals surface area contributed by atoms with Crippen LogP contribution in [0.5, 0.6) is 5.88 Å². The van der Waals surface area contributed by atoms with Gasteiger partial charge in [0.15, 0.2) is 6.61 Å². The van der Waals surface area contributed by atoms with Crippen molar-refractivity contribution in [1.82, 2.24) is 24.0 Å². The van der Waals surface area contributed by atoms with Gasteiger partial charge >= 0.3 is 0 Å². The molecule has 0 atom stereocenters. The number of aliphatic hydroxyl groups is 1. The van der Waals surface area contributed by atoms with Crippen LogP contribution in [-0.2, 0) is 0 Å². The molecule has 1 saturated carbocycles. The van der Waals surface area contributed by atoms with Crippen molar-refractivity contribution in [3.8, 4) is 17.0 Å². The van der Waals surface area contributed by atoms with Crippen LogP contribution in [0.4, 0.5) is 14.7 Å². The van der Waals surface area contributed by atoms with Crippen LogP contribution in [0.15, 0.2) is 36.8 Å². The molecule has 4 aromatic rings. The van der Waals surface area contributed by atoms with E-state index in [1.807, 2.05) is 42.6 Å². The summed E-state index contributed by atoms with van der Waals surface area (Å²) in [6, 6.07) is 5.79. The van der Waals surface area contributed by atoms with Gasteiger partial charge in [-0.05, 0) is 57.7 Å². The van der Waals surface area contributed by atoms with Crippen LogP contribution in [-0.4, -0.2) is 53.8 Å². The van der Waals surface area contributed by atoms with Crippen LogP contribution in [0.25, 0.3) is 22.3 Å². The number of rotatable bonds is 6. The molecule has 4 aromatic heterocycles. The molecule has 5 rings (SSSR count). The van der Waals surface area contributed by atoms with Gasteiger partial charge in [-0.25, -0.2) is 18.3 Å². The largest absolute Gasteiger partial charge is 0.470 e. The van der Waals surface area contributed by atoms with Gasteiger partial charge in [0.25, 0.3) is 6.43 Å². The number of aryl methyl sites for hydroxylation is 1. The molecule has 0 amide bonds. The lowest BCUT2D eigenvalue weighted by molar-refractivity contribution is 0.0195. The number of anilines is 1. The maximum Gasteiger partial charge on any atom is 0.272 e. The molecule has 33 heavy (non-hydrogen) atoms. The molecule has 0 spiro atoms.